The minimum Gasteiger partial charge on any atom is -0.348 e. The van der Waals surface area contributed by atoms with Crippen molar-refractivity contribution in [1.29, 1.82) is 0 Å². The van der Waals surface area contributed by atoms with E-state index in [0.717, 1.165) is 0 Å². The highest BCUT2D eigenvalue weighted by molar-refractivity contribution is 5.74. The molecule has 1 heterocycles. The molecule has 18 heavy (non-hydrogen) atoms. The van der Waals surface area contributed by atoms with Crippen LogP contribution in [0.25, 0.3) is 0 Å². The first-order valence-corrected chi connectivity index (χ1v) is 6.91. The maximum absolute atomic E-state index is 11.7. The van der Waals surface area contributed by atoms with Crippen molar-refractivity contribution in [2.75, 3.05) is 19.8 Å². The zero-order chi connectivity index (χ0) is 13.0. The second kappa shape index (κ2) is 5.89. The van der Waals surface area contributed by atoms with Crippen molar-refractivity contribution in [3.05, 3.63) is 0 Å². The van der Waals surface area contributed by atoms with E-state index in [-0.39, 0.29) is 12.1 Å². The van der Waals surface area contributed by atoms with Gasteiger partial charge < -0.3 is 20.1 Å². The van der Waals surface area contributed by atoms with Crippen molar-refractivity contribution < 1.29 is 14.3 Å². The lowest BCUT2D eigenvalue weighted by molar-refractivity contribution is -0.145. The number of urea groups is 1. The number of amides is 2. The number of nitrogens with one attached hydrogen (secondary N) is 2. The quantitative estimate of drug-likeness (QED) is 0.786. The monoisotopic (exact) mass is 256 g/mol. The van der Waals surface area contributed by atoms with Gasteiger partial charge in [0, 0.05) is 19.0 Å². The summed E-state index contributed by atoms with van der Waals surface area (Å²) in [5, 5.41) is 5.85. The molecular formula is C13H24N2O3. The van der Waals surface area contributed by atoms with Gasteiger partial charge in [0.05, 0.1) is 13.2 Å². The SMILES string of the molecule is C[C@H](NC(=O)NCCC1(C)OCCO1)C1CCC1. The largest absolute Gasteiger partial charge is 0.348 e. The first-order valence-electron chi connectivity index (χ1n) is 6.91. The van der Waals surface area contributed by atoms with Gasteiger partial charge in [-0.15, -0.1) is 0 Å². The van der Waals surface area contributed by atoms with Crippen LogP contribution in [0.3, 0.4) is 0 Å². The average molecular weight is 256 g/mol. The fourth-order valence-electron chi connectivity index (χ4n) is 2.42. The van der Waals surface area contributed by atoms with Crippen LogP contribution in [-0.4, -0.2) is 37.6 Å². The van der Waals surface area contributed by atoms with Gasteiger partial charge >= 0.3 is 6.03 Å². The van der Waals surface area contributed by atoms with Gasteiger partial charge in [-0.1, -0.05) is 6.42 Å². The van der Waals surface area contributed by atoms with Crippen molar-refractivity contribution in [1.82, 2.24) is 10.6 Å². The van der Waals surface area contributed by atoms with Gasteiger partial charge in [0.2, 0.25) is 0 Å². The molecule has 1 aliphatic carbocycles. The smallest absolute Gasteiger partial charge is 0.315 e. The summed E-state index contributed by atoms with van der Waals surface area (Å²) < 4.78 is 10.9. The molecule has 1 saturated carbocycles. The Hall–Kier alpha value is -0.810. The Morgan fingerprint density at radius 1 is 1.39 bits per heavy atom. The summed E-state index contributed by atoms with van der Waals surface area (Å²) in [5.74, 6) is 0.141. The molecule has 2 fully saturated rings. The fourth-order valence-corrected chi connectivity index (χ4v) is 2.42. The summed E-state index contributed by atoms with van der Waals surface area (Å²) >= 11 is 0. The van der Waals surface area contributed by atoms with Gasteiger partial charge in [0.1, 0.15) is 0 Å². The van der Waals surface area contributed by atoms with Crippen molar-refractivity contribution in [2.24, 2.45) is 5.92 Å². The lowest BCUT2D eigenvalue weighted by atomic mass is 9.80. The van der Waals surface area contributed by atoms with Crippen LogP contribution in [0.4, 0.5) is 4.79 Å². The maximum atomic E-state index is 11.7. The third kappa shape index (κ3) is 3.59. The highest BCUT2D eigenvalue weighted by Crippen LogP contribution is 2.29. The van der Waals surface area contributed by atoms with E-state index in [4.69, 9.17) is 9.47 Å². The summed E-state index contributed by atoms with van der Waals surface area (Å²) in [6.07, 6.45) is 4.45. The zero-order valence-electron chi connectivity index (χ0n) is 11.3. The molecule has 2 amide bonds. The summed E-state index contributed by atoms with van der Waals surface area (Å²) in [6, 6.07) is 0.185. The Bertz CT molecular complexity index is 286. The summed E-state index contributed by atoms with van der Waals surface area (Å²) in [6.45, 7) is 5.84. The normalized spacial score (nSPS) is 24.3. The molecular weight excluding hydrogens is 232 g/mol. The molecule has 2 rings (SSSR count). The minimum atomic E-state index is -0.521. The summed E-state index contributed by atoms with van der Waals surface area (Å²) in [4.78, 5) is 11.7. The number of carbonyl (C=O) groups excluding carboxylic acids is 1. The molecule has 0 aromatic carbocycles. The number of hydrogen-bond donors (Lipinski definition) is 2. The zero-order valence-corrected chi connectivity index (χ0v) is 11.3. The predicted molar refractivity (Wildman–Crippen MR) is 68.3 cm³/mol. The molecule has 0 spiro atoms. The van der Waals surface area contributed by atoms with Crippen LogP contribution in [0, 0.1) is 5.92 Å². The van der Waals surface area contributed by atoms with Crippen LogP contribution in [0.15, 0.2) is 0 Å². The molecule has 1 atom stereocenters. The lowest BCUT2D eigenvalue weighted by Crippen LogP contribution is -2.46. The Labute approximate surface area is 109 Å². The molecule has 0 aromatic heterocycles. The van der Waals surface area contributed by atoms with E-state index in [1.54, 1.807) is 0 Å². The van der Waals surface area contributed by atoms with Gasteiger partial charge in [0.25, 0.3) is 0 Å². The van der Waals surface area contributed by atoms with Crippen LogP contribution in [0.1, 0.15) is 39.5 Å². The average Bonchev–Trinajstić information content (AvgIpc) is 2.62. The standard InChI is InChI=1S/C13H24N2O3/c1-10(11-4-3-5-11)15-12(16)14-7-6-13(2)17-8-9-18-13/h10-11H,3-9H2,1-2H3,(H2,14,15,16)/t10-/m0/s1. The van der Waals surface area contributed by atoms with Gasteiger partial charge in [-0.25, -0.2) is 4.79 Å². The molecule has 2 N–H and O–H groups in total. The molecule has 104 valence electrons. The molecule has 0 unspecified atom stereocenters. The van der Waals surface area contributed by atoms with E-state index < -0.39 is 5.79 Å². The molecule has 5 nitrogen and oxygen atoms in total. The van der Waals surface area contributed by atoms with Crippen LogP contribution in [0.2, 0.25) is 0 Å². The van der Waals surface area contributed by atoms with Gasteiger partial charge in [-0.05, 0) is 32.6 Å². The van der Waals surface area contributed by atoms with Crippen LogP contribution >= 0.6 is 0 Å². The molecule has 0 radical (unpaired) electrons. The van der Waals surface area contributed by atoms with Crippen molar-refractivity contribution in [3.8, 4) is 0 Å². The second-order valence-corrected chi connectivity index (χ2v) is 5.46. The third-order valence-electron chi connectivity index (χ3n) is 3.98. The highest BCUT2D eigenvalue weighted by atomic mass is 16.7. The first kappa shape index (κ1) is 13.6. The van der Waals surface area contributed by atoms with Crippen LogP contribution in [0.5, 0.6) is 0 Å². The van der Waals surface area contributed by atoms with E-state index in [1.165, 1.54) is 19.3 Å². The van der Waals surface area contributed by atoms with E-state index in [0.29, 0.717) is 32.1 Å². The van der Waals surface area contributed by atoms with Crippen molar-refractivity contribution >= 4 is 6.03 Å². The van der Waals surface area contributed by atoms with Gasteiger partial charge in [-0.2, -0.15) is 0 Å². The second-order valence-electron chi connectivity index (χ2n) is 5.46. The van der Waals surface area contributed by atoms with Crippen LogP contribution < -0.4 is 10.6 Å². The van der Waals surface area contributed by atoms with E-state index in [1.807, 2.05) is 6.92 Å². The number of ether oxygens (including phenoxy) is 2. The van der Waals surface area contributed by atoms with Crippen molar-refractivity contribution in [3.63, 3.8) is 0 Å². The van der Waals surface area contributed by atoms with Crippen molar-refractivity contribution in [2.45, 2.75) is 51.4 Å². The maximum Gasteiger partial charge on any atom is 0.315 e. The Kier molecular flexibility index (Phi) is 4.45. The predicted octanol–water partition coefficient (Wildman–Crippen LogP) is 1.63. The van der Waals surface area contributed by atoms with Gasteiger partial charge in [-0.3, -0.25) is 0 Å². The minimum absolute atomic E-state index is 0.0870. The third-order valence-corrected chi connectivity index (χ3v) is 3.98. The lowest BCUT2D eigenvalue weighted by Gasteiger charge is -2.32. The Morgan fingerprint density at radius 2 is 2.06 bits per heavy atom. The van der Waals surface area contributed by atoms with E-state index in [2.05, 4.69) is 17.6 Å². The van der Waals surface area contributed by atoms with Crippen LogP contribution in [-0.2, 0) is 9.47 Å². The Morgan fingerprint density at radius 3 is 2.61 bits per heavy atom. The van der Waals surface area contributed by atoms with E-state index in [9.17, 15) is 4.79 Å². The fraction of sp³-hybridized carbons (Fsp3) is 0.923. The van der Waals surface area contributed by atoms with E-state index >= 15 is 0 Å². The molecule has 1 saturated heterocycles. The molecule has 2 aliphatic rings. The van der Waals surface area contributed by atoms with Gasteiger partial charge in [0.15, 0.2) is 5.79 Å². The first-order chi connectivity index (χ1) is 8.59. The Balaban J connectivity index is 1.59. The highest BCUT2D eigenvalue weighted by Gasteiger charge is 2.30. The topological polar surface area (TPSA) is 59.6 Å². The number of rotatable bonds is 5. The molecule has 0 aromatic rings. The molecule has 1 aliphatic heterocycles. The molecule has 0 bridgehead atoms. The molecule has 5 heteroatoms. The summed E-state index contributed by atoms with van der Waals surface area (Å²) in [5.41, 5.74) is 0. The number of carbonyl (C=O) groups is 1. The summed E-state index contributed by atoms with van der Waals surface area (Å²) in [7, 11) is 0. The number of hydrogen-bond acceptors (Lipinski definition) is 3.